The Morgan fingerprint density at radius 2 is 1.89 bits per heavy atom. The van der Waals surface area contributed by atoms with Crippen LogP contribution in [0.1, 0.15) is 25.7 Å². The van der Waals surface area contributed by atoms with Gasteiger partial charge in [-0.3, -0.25) is 19.2 Å². The van der Waals surface area contributed by atoms with Gasteiger partial charge in [-0.1, -0.05) is 0 Å². The van der Waals surface area contributed by atoms with Crippen LogP contribution in [0.5, 0.6) is 0 Å². The molecule has 3 atom stereocenters. The van der Waals surface area contributed by atoms with Gasteiger partial charge >= 0.3 is 5.97 Å². The Morgan fingerprint density at radius 3 is 2.43 bits per heavy atom. The highest BCUT2D eigenvalue weighted by Gasteiger charge is 2.38. The van der Waals surface area contributed by atoms with Crippen LogP contribution >= 0.6 is 11.8 Å². The molecule has 0 radical (unpaired) electrons. The van der Waals surface area contributed by atoms with E-state index in [-0.39, 0.29) is 19.5 Å². The first kappa shape index (κ1) is 23.7. The molecule has 0 bridgehead atoms. The third-order valence-electron chi connectivity index (χ3n) is 4.29. The number of carbonyl (C=O) groups is 5. The summed E-state index contributed by atoms with van der Waals surface area (Å²) in [4.78, 5) is 60.8. The molecule has 3 unspecified atom stereocenters. The molecule has 4 amide bonds. The Hall–Kier alpha value is -2.34. The van der Waals surface area contributed by atoms with Gasteiger partial charge in [0.05, 0.1) is 13.0 Å². The number of thioether (sulfide) groups is 1. The van der Waals surface area contributed by atoms with Crippen molar-refractivity contribution < 1.29 is 29.1 Å². The van der Waals surface area contributed by atoms with Gasteiger partial charge in [-0.2, -0.15) is 11.8 Å². The maximum Gasteiger partial charge on any atom is 0.326 e. The molecule has 1 rings (SSSR count). The van der Waals surface area contributed by atoms with Crippen molar-refractivity contribution in [1.29, 1.82) is 0 Å². The molecule has 158 valence electrons. The molecule has 0 aliphatic carbocycles. The van der Waals surface area contributed by atoms with E-state index in [0.29, 0.717) is 18.6 Å². The topological polar surface area (TPSA) is 185 Å². The molecule has 0 aromatic heterocycles. The second-order valence-electron chi connectivity index (χ2n) is 6.37. The second kappa shape index (κ2) is 11.5. The van der Waals surface area contributed by atoms with Crippen molar-refractivity contribution in [1.82, 2.24) is 15.5 Å². The zero-order chi connectivity index (χ0) is 21.3. The smallest absolute Gasteiger partial charge is 0.326 e. The van der Waals surface area contributed by atoms with Gasteiger partial charge in [-0.25, -0.2) is 4.79 Å². The first-order valence-electron chi connectivity index (χ1n) is 8.81. The van der Waals surface area contributed by atoms with Crippen molar-refractivity contribution in [2.75, 3.05) is 25.1 Å². The molecule has 12 heteroatoms. The standard InChI is InChI=1S/C16H27N5O6S/c1-28-6-4-9(15(25)21-5-2-3-11(21)16(26)27)20-14(24)10(7-12(18)22)19-13(23)8-17/h9-11H,2-8,17H2,1H3,(H2,18,22)(H,19,23)(H,20,24)(H,26,27). The van der Waals surface area contributed by atoms with Gasteiger partial charge in [-0.15, -0.1) is 0 Å². The predicted octanol–water partition coefficient (Wildman–Crippen LogP) is -2.38. The summed E-state index contributed by atoms with van der Waals surface area (Å²) in [6.45, 7) is -0.0957. The number of nitrogens with zero attached hydrogens (tertiary/aromatic N) is 1. The van der Waals surface area contributed by atoms with Gasteiger partial charge in [-0.05, 0) is 31.3 Å². The highest BCUT2D eigenvalue weighted by Crippen LogP contribution is 2.19. The fourth-order valence-electron chi connectivity index (χ4n) is 2.92. The first-order valence-corrected chi connectivity index (χ1v) is 10.2. The highest BCUT2D eigenvalue weighted by atomic mass is 32.2. The fourth-order valence-corrected chi connectivity index (χ4v) is 3.39. The van der Waals surface area contributed by atoms with E-state index in [1.165, 1.54) is 16.7 Å². The Labute approximate surface area is 166 Å². The average molecular weight is 417 g/mol. The lowest BCUT2D eigenvalue weighted by Gasteiger charge is -2.28. The summed E-state index contributed by atoms with van der Waals surface area (Å²) in [5.41, 5.74) is 10.3. The number of nitrogens with two attached hydrogens (primary N) is 2. The average Bonchev–Trinajstić information content (AvgIpc) is 3.13. The number of amides is 4. The first-order chi connectivity index (χ1) is 13.2. The van der Waals surface area contributed by atoms with Crippen LogP contribution in [-0.2, 0) is 24.0 Å². The number of aliphatic carboxylic acids is 1. The molecule has 1 aliphatic rings. The van der Waals surface area contributed by atoms with Crippen LogP contribution in [0.15, 0.2) is 0 Å². The number of likely N-dealkylation sites (tertiary alicyclic amines) is 1. The van der Waals surface area contributed by atoms with Crippen molar-refractivity contribution in [3.05, 3.63) is 0 Å². The van der Waals surface area contributed by atoms with E-state index in [0.717, 1.165) is 0 Å². The fraction of sp³-hybridized carbons (Fsp3) is 0.688. The minimum absolute atomic E-state index is 0.267. The van der Waals surface area contributed by atoms with Crippen molar-refractivity contribution >= 4 is 41.4 Å². The summed E-state index contributed by atoms with van der Waals surface area (Å²) >= 11 is 1.46. The molecule has 0 aromatic rings. The third kappa shape index (κ3) is 7.00. The monoisotopic (exact) mass is 417 g/mol. The van der Waals surface area contributed by atoms with Crippen LogP contribution in [0.3, 0.4) is 0 Å². The van der Waals surface area contributed by atoms with Crippen LogP contribution in [-0.4, -0.2) is 82.8 Å². The number of carboxylic acids is 1. The van der Waals surface area contributed by atoms with E-state index in [1.807, 2.05) is 6.26 Å². The lowest BCUT2D eigenvalue weighted by molar-refractivity contribution is -0.149. The number of nitrogens with one attached hydrogen (secondary N) is 2. The highest BCUT2D eigenvalue weighted by molar-refractivity contribution is 7.98. The zero-order valence-corrected chi connectivity index (χ0v) is 16.5. The molecule has 1 heterocycles. The van der Waals surface area contributed by atoms with Crippen LogP contribution in [0.25, 0.3) is 0 Å². The van der Waals surface area contributed by atoms with Crippen LogP contribution < -0.4 is 22.1 Å². The van der Waals surface area contributed by atoms with E-state index < -0.39 is 54.1 Å². The van der Waals surface area contributed by atoms with E-state index >= 15 is 0 Å². The van der Waals surface area contributed by atoms with Crippen LogP contribution in [0.2, 0.25) is 0 Å². The molecule has 1 saturated heterocycles. The van der Waals surface area contributed by atoms with Gasteiger partial charge in [0, 0.05) is 6.54 Å². The molecule has 0 aromatic carbocycles. The van der Waals surface area contributed by atoms with Crippen LogP contribution in [0, 0.1) is 0 Å². The Kier molecular flexibility index (Phi) is 9.73. The normalized spacial score (nSPS) is 18.2. The molecule has 0 saturated carbocycles. The van der Waals surface area contributed by atoms with E-state index in [9.17, 15) is 29.1 Å². The van der Waals surface area contributed by atoms with Crippen molar-refractivity contribution in [3.63, 3.8) is 0 Å². The molecule has 0 spiro atoms. The van der Waals surface area contributed by atoms with E-state index in [2.05, 4.69) is 10.6 Å². The number of carboxylic acid groups (broad SMARTS) is 1. The minimum atomic E-state index is -1.27. The van der Waals surface area contributed by atoms with Gasteiger partial charge in [0.25, 0.3) is 0 Å². The predicted molar refractivity (Wildman–Crippen MR) is 102 cm³/mol. The SMILES string of the molecule is CSCCC(NC(=O)C(CC(N)=O)NC(=O)CN)C(=O)N1CCCC1C(=O)O. The summed E-state index contributed by atoms with van der Waals surface area (Å²) in [5, 5.41) is 14.1. The summed E-state index contributed by atoms with van der Waals surface area (Å²) in [7, 11) is 0. The molecule has 28 heavy (non-hydrogen) atoms. The second-order valence-corrected chi connectivity index (χ2v) is 7.35. The maximum absolute atomic E-state index is 12.9. The van der Waals surface area contributed by atoms with Crippen molar-refractivity contribution in [3.8, 4) is 0 Å². The van der Waals surface area contributed by atoms with Crippen LogP contribution in [0.4, 0.5) is 0 Å². The molecule has 11 nitrogen and oxygen atoms in total. The molecular weight excluding hydrogens is 390 g/mol. The Morgan fingerprint density at radius 1 is 1.21 bits per heavy atom. The van der Waals surface area contributed by atoms with Crippen molar-refractivity contribution in [2.45, 2.75) is 43.8 Å². The lowest BCUT2D eigenvalue weighted by Crippen LogP contribution is -2.57. The number of carbonyl (C=O) groups excluding carboxylic acids is 4. The van der Waals surface area contributed by atoms with Gasteiger partial charge in [0.15, 0.2) is 0 Å². The number of primary amides is 1. The largest absolute Gasteiger partial charge is 0.480 e. The molecular formula is C16H27N5O6S. The number of hydrogen-bond acceptors (Lipinski definition) is 7. The summed E-state index contributed by atoms with van der Waals surface area (Å²) in [6.07, 6.45) is 2.55. The molecule has 7 N–H and O–H groups in total. The minimum Gasteiger partial charge on any atom is -0.480 e. The lowest BCUT2D eigenvalue weighted by atomic mass is 10.1. The quantitative estimate of drug-likeness (QED) is 0.246. The molecule has 1 aliphatic heterocycles. The zero-order valence-electron chi connectivity index (χ0n) is 15.7. The van der Waals surface area contributed by atoms with Crippen molar-refractivity contribution in [2.24, 2.45) is 11.5 Å². The third-order valence-corrected chi connectivity index (χ3v) is 4.93. The van der Waals surface area contributed by atoms with E-state index in [4.69, 9.17) is 11.5 Å². The summed E-state index contributed by atoms with van der Waals surface area (Å²) in [6, 6.07) is -3.18. The summed E-state index contributed by atoms with van der Waals surface area (Å²) < 4.78 is 0. The number of hydrogen-bond donors (Lipinski definition) is 5. The van der Waals surface area contributed by atoms with Gasteiger partial charge < -0.3 is 32.1 Å². The Balaban J connectivity index is 2.93. The van der Waals surface area contributed by atoms with E-state index in [1.54, 1.807) is 0 Å². The van der Waals surface area contributed by atoms with Gasteiger partial charge in [0.1, 0.15) is 18.1 Å². The maximum atomic E-state index is 12.9. The summed E-state index contributed by atoms with van der Waals surface area (Å²) in [5.74, 6) is -3.28. The molecule has 1 fully saturated rings. The van der Waals surface area contributed by atoms with Gasteiger partial charge in [0.2, 0.25) is 23.6 Å². The number of rotatable bonds is 11. The Bertz CT molecular complexity index is 616.